The summed E-state index contributed by atoms with van der Waals surface area (Å²) in [5.74, 6) is -0.0503. The van der Waals surface area contributed by atoms with Crippen LogP contribution in [0.3, 0.4) is 0 Å². The molecule has 5 rings (SSSR count). The number of pyridine rings is 1. The molecule has 0 N–H and O–H groups in total. The van der Waals surface area contributed by atoms with E-state index in [2.05, 4.69) is 0 Å². The number of rotatable bonds is 7. The van der Waals surface area contributed by atoms with Gasteiger partial charge in [-0.25, -0.2) is 9.78 Å². The van der Waals surface area contributed by atoms with Gasteiger partial charge in [0.05, 0.1) is 23.9 Å². The number of benzene rings is 4. The van der Waals surface area contributed by atoms with Crippen LogP contribution in [0.1, 0.15) is 15.9 Å². The van der Waals surface area contributed by atoms with E-state index in [1.807, 2.05) is 91.0 Å². The number of hydrogen-bond acceptors (Lipinski definition) is 5. The van der Waals surface area contributed by atoms with Crippen molar-refractivity contribution in [3.8, 4) is 17.0 Å². The van der Waals surface area contributed by atoms with Crippen molar-refractivity contribution in [3.63, 3.8) is 0 Å². The van der Waals surface area contributed by atoms with Crippen LogP contribution in [0, 0.1) is 0 Å². The molecule has 0 aliphatic rings. The van der Waals surface area contributed by atoms with Crippen LogP contribution >= 0.6 is 0 Å². The topological polar surface area (TPSA) is 68.7 Å². The van der Waals surface area contributed by atoms with Gasteiger partial charge < -0.3 is 14.4 Å². The summed E-state index contributed by atoms with van der Waals surface area (Å²) >= 11 is 0. The third kappa shape index (κ3) is 5.28. The summed E-state index contributed by atoms with van der Waals surface area (Å²) in [4.78, 5) is 32.1. The highest BCUT2D eigenvalue weighted by atomic mass is 16.5. The number of carbonyl (C=O) groups is 2. The van der Waals surface area contributed by atoms with Gasteiger partial charge in [-0.3, -0.25) is 4.79 Å². The molecule has 0 radical (unpaired) electrons. The minimum Gasteiger partial charge on any atom is -0.497 e. The highest BCUT2D eigenvalue weighted by Crippen LogP contribution is 2.29. The van der Waals surface area contributed by atoms with Crippen LogP contribution < -0.4 is 4.74 Å². The van der Waals surface area contributed by atoms with Crippen molar-refractivity contribution in [2.75, 3.05) is 20.8 Å². The van der Waals surface area contributed by atoms with Crippen LogP contribution in [0.2, 0.25) is 0 Å². The van der Waals surface area contributed by atoms with Gasteiger partial charge in [-0.1, -0.05) is 66.7 Å². The molecule has 0 aliphatic heterocycles. The Hall–Kier alpha value is -4.71. The van der Waals surface area contributed by atoms with Gasteiger partial charge in [0.1, 0.15) is 5.75 Å². The van der Waals surface area contributed by atoms with Crippen molar-refractivity contribution < 1.29 is 19.1 Å². The number of esters is 1. The molecule has 1 aromatic heterocycles. The van der Waals surface area contributed by atoms with E-state index in [4.69, 9.17) is 14.5 Å². The van der Waals surface area contributed by atoms with Gasteiger partial charge in [0.15, 0.2) is 6.61 Å². The predicted molar refractivity (Wildman–Crippen MR) is 144 cm³/mol. The summed E-state index contributed by atoms with van der Waals surface area (Å²) in [5.41, 5.74) is 3.57. The fourth-order valence-corrected chi connectivity index (χ4v) is 4.26. The second-order valence-corrected chi connectivity index (χ2v) is 8.81. The van der Waals surface area contributed by atoms with Gasteiger partial charge in [-0.2, -0.15) is 0 Å². The quantitative estimate of drug-likeness (QED) is 0.267. The summed E-state index contributed by atoms with van der Waals surface area (Å²) in [6.45, 7) is 0.0966. The number of para-hydroxylation sites is 1. The SMILES string of the molecule is COc1ccc2cc(-c3cc(C(=O)OCC(=O)N(C)Cc4ccccc4)c4ccccc4n3)ccc2c1. The Morgan fingerprint density at radius 2 is 1.57 bits per heavy atom. The molecule has 4 aromatic carbocycles. The zero-order valence-corrected chi connectivity index (χ0v) is 20.7. The van der Waals surface area contributed by atoms with Crippen molar-refractivity contribution in [1.82, 2.24) is 9.88 Å². The lowest BCUT2D eigenvalue weighted by molar-refractivity contribution is -0.133. The van der Waals surface area contributed by atoms with E-state index in [-0.39, 0.29) is 12.5 Å². The maximum atomic E-state index is 13.2. The lowest BCUT2D eigenvalue weighted by Gasteiger charge is -2.17. The number of carbonyl (C=O) groups excluding carboxylic acids is 2. The number of aromatic nitrogens is 1. The molecule has 0 aliphatic carbocycles. The summed E-state index contributed by atoms with van der Waals surface area (Å²) in [7, 11) is 3.34. The van der Waals surface area contributed by atoms with Crippen molar-refractivity contribution in [2.45, 2.75) is 6.54 Å². The second kappa shape index (κ2) is 10.5. The molecule has 0 saturated heterocycles. The minimum absolute atomic E-state index is 0.277. The van der Waals surface area contributed by atoms with E-state index in [1.54, 1.807) is 25.1 Å². The summed E-state index contributed by atoms with van der Waals surface area (Å²) in [6, 6.07) is 30.7. The monoisotopic (exact) mass is 490 g/mol. The highest BCUT2D eigenvalue weighted by Gasteiger charge is 2.18. The maximum Gasteiger partial charge on any atom is 0.339 e. The van der Waals surface area contributed by atoms with E-state index in [9.17, 15) is 9.59 Å². The molecule has 184 valence electrons. The van der Waals surface area contributed by atoms with Crippen LogP contribution in [-0.4, -0.2) is 42.5 Å². The standard InChI is InChI=1S/C31H26N2O4/c1-33(19-21-8-4-3-5-9-21)30(34)20-37-31(35)27-18-29(32-28-11-7-6-10-26(27)28)24-13-12-23-17-25(36-2)15-14-22(23)16-24/h3-18H,19-20H2,1-2H3. The third-order valence-corrected chi connectivity index (χ3v) is 6.29. The van der Waals surface area contributed by atoms with E-state index in [0.717, 1.165) is 27.6 Å². The average molecular weight is 491 g/mol. The molecule has 6 nitrogen and oxygen atoms in total. The first-order chi connectivity index (χ1) is 18.0. The molecule has 0 unspecified atom stereocenters. The minimum atomic E-state index is -0.563. The zero-order valence-electron chi connectivity index (χ0n) is 20.7. The van der Waals surface area contributed by atoms with Gasteiger partial charge in [-0.05, 0) is 46.7 Å². The highest BCUT2D eigenvalue weighted by molar-refractivity contribution is 6.05. The molecular weight excluding hydrogens is 464 g/mol. The summed E-state index contributed by atoms with van der Waals surface area (Å²) in [5, 5.41) is 2.75. The number of ether oxygens (including phenoxy) is 2. The van der Waals surface area contributed by atoms with E-state index in [1.165, 1.54) is 0 Å². The van der Waals surface area contributed by atoms with Crippen LogP contribution in [-0.2, 0) is 16.1 Å². The summed E-state index contributed by atoms with van der Waals surface area (Å²) in [6.07, 6.45) is 0. The normalized spacial score (nSPS) is 10.9. The lowest BCUT2D eigenvalue weighted by atomic mass is 10.0. The van der Waals surface area contributed by atoms with Gasteiger partial charge in [0.25, 0.3) is 5.91 Å². The Bertz CT molecular complexity index is 1600. The number of methoxy groups -OCH3 is 1. The van der Waals surface area contributed by atoms with Crippen molar-refractivity contribution >= 4 is 33.6 Å². The third-order valence-electron chi connectivity index (χ3n) is 6.29. The molecule has 1 heterocycles. The smallest absolute Gasteiger partial charge is 0.339 e. The molecule has 0 spiro atoms. The Balaban J connectivity index is 1.40. The summed E-state index contributed by atoms with van der Waals surface area (Å²) < 4.78 is 10.8. The Morgan fingerprint density at radius 3 is 2.38 bits per heavy atom. The number of likely N-dealkylation sites (N-methyl/N-ethyl adjacent to an activating group) is 1. The molecule has 5 aromatic rings. The molecule has 0 fully saturated rings. The van der Waals surface area contributed by atoms with Gasteiger partial charge in [0.2, 0.25) is 0 Å². The first-order valence-electron chi connectivity index (χ1n) is 11.9. The first-order valence-corrected chi connectivity index (χ1v) is 11.9. The maximum absolute atomic E-state index is 13.2. The fraction of sp³-hybridized carbons (Fsp3) is 0.129. The molecule has 0 saturated carbocycles. The zero-order chi connectivity index (χ0) is 25.8. The molecule has 0 atom stereocenters. The van der Waals surface area contributed by atoms with Gasteiger partial charge >= 0.3 is 5.97 Å². The van der Waals surface area contributed by atoms with E-state index in [0.29, 0.717) is 28.7 Å². The van der Waals surface area contributed by atoms with Crippen LogP contribution in [0.25, 0.3) is 32.9 Å². The van der Waals surface area contributed by atoms with Crippen molar-refractivity contribution in [2.24, 2.45) is 0 Å². The Labute approximate surface area is 215 Å². The molecule has 1 amide bonds. The van der Waals surface area contributed by atoms with Crippen molar-refractivity contribution in [3.05, 3.63) is 108 Å². The number of amides is 1. The van der Waals surface area contributed by atoms with E-state index < -0.39 is 5.97 Å². The fourth-order valence-electron chi connectivity index (χ4n) is 4.26. The Morgan fingerprint density at radius 1 is 0.838 bits per heavy atom. The van der Waals surface area contributed by atoms with Crippen LogP contribution in [0.5, 0.6) is 5.75 Å². The average Bonchev–Trinajstić information content (AvgIpc) is 2.95. The molecule has 6 heteroatoms. The molecular formula is C31H26N2O4. The van der Waals surface area contributed by atoms with Gasteiger partial charge in [-0.15, -0.1) is 0 Å². The number of hydrogen-bond donors (Lipinski definition) is 0. The number of fused-ring (bicyclic) bond motifs is 2. The van der Waals surface area contributed by atoms with Crippen LogP contribution in [0.15, 0.2) is 97.1 Å². The largest absolute Gasteiger partial charge is 0.497 e. The van der Waals surface area contributed by atoms with E-state index >= 15 is 0 Å². The van der Waals surface area contributed by atoms with Gasteiger partial charge in [0, 0.05) is 24.5 Å². The van der Waals surface area contributed by atoms with Crippen LogP contribution in [0.4, 0.5) is 0 Å². The number of nitrogens with zero attached hydrogens (tertiary/aromatic N) is 2. The second-order valence-electron chi connectivity index (χ2n) is 8.81. The predicted octanol–water partition coefficient (Wildman–Crippen LogP) is 5.88. The lowest BCUT2D eigenvalue weighted by Crippen LogP contribution is -2.30. The first kappa shape index (κ1) is 24.0. The molecule has 37 heavy (non-hydrogen) atoms. The van der Waals surface area contributed by atoms with Crippen molar-refractivity contribution in [1.29, 1.82) is 0 Å². The Kier molecular flexibility index (Phi) is 6.81. The molecule has 0 bridgehead atoms.